The second-order valence-corrected chi connectivity index (χ2v) is 5.42. The summed E-state index contributed by atoms with van der Waals surface area (Å²) in [5.41, 5.74) is 0.322. The van der Waals surface area contributed by atoms with Crippen LogP contribution in [0.4, 0.5) is 0 Å². The molecule has 0 atom stereocenters. The Morgan fingerprint density at radius 2 is 1.23 bits per heavy atom. The summed E-state index contributed by atoms with van der Waals surface area (Å²) in [6, 6.07) is 0. The Morgan fingerprint density at radius 3 is 1.38 bits per heavy atom. The maximum absolute atomic E-state index is 5.75. The van der Waals surface area contributed by atoms with Gasteiger partial charge in [-0.05, 0) is 31.7 Å². The van der Waals surface area contributed by atoms with Crippen LogP contribution in [0.15, 0.2) is 0 Å². The highest BCUT2D eigenvalue weighted by molar-refractivity contribution is 6.69. The van der Waals surface area contributed by atoms with Gasteiger partial charge in [-0.25, -0.2) is 0 Å². The van der Waals surface area contributed by atoms with Crippen molar-refractivity contribution in [1.29, 1.82) is 0 Å². The summed E-state index contributed by atoms with van der Waals surface area (Å²) in [6.45, 7) is 7.47. The minimum absolute atomic E-state index is 0. The van der Waals surface area contributed by atoms with Crippen molar-refractivity contribution in [2.24, 2.45) is 0 Å². The van der Waals surface area contributed by atoms with Gasteiger partial charge in [-0.1, -0.05) is 0 Å². The molecule has 0 N–H and O–H groups in total. The van der Waals surface area contributed by atoms with Crippen molar-refractivity contribution in [2.75, 3.05) is 25.3 Å². The minimum atomic E-state index is -2.50. The zero-order chi connectivity index (χ0) is 9.45. The van der Waals surface area contributed by atoms with Crippen LogP contribution in [0.1, 0.15) is 20.8 Å². The van der Waals surface area contributed by atoms with Crippen LogP contribution in [-0.4, -0.2) is 45.1 Å². The first-order valence-electron chi connectivity index (χ1n) is 4.22. The Hall–Kier alpha value is 0.604. The van der Waals surface area contributed by atoms with Crippen LogP contribution in [0.5, 0.6) is 0 Å². The summed E-state index contributed by atoms with van der Waals surface area (Å²) >= 11 is 5.75. The standard InChI is InChI=1S/C7H17ClO3Si.H4Si/c1-4-9-12(7-8,10-5-2)11-6-3;/h4-7H2,1-3H3;1H4. The Balaban J connectivity index is 0. The van der Waals surface area contributed by atoms with Crippen molar-refractivity contribution >= 4 is 31.4 Å². The number of hydrogen-bond acceptors (Lipinski definition) is 3. The van der Waals surface area contributed by atoms with Crippen molar-refractivity contribution in [3.05, 3.63) is 0 Å². The molecule has 13 heavy (non-hydrogen) atoms. The fourth-order valence-electron chi connectivity index (χ4n) is 0.900. The molecule has 0 amide bonds. The molecule has 0 aliphatic rings. The molecule has 0 unspecified atom stereocenters. The largest absolute Gasteiger partial charge is 0.516 e. The van der Waals surface area contributed by atoms with E-state index >= 15 is 0 Å². The molecule has 0 bridgehead atoms. The predicted octanol–water partition coefficient (Wildman–Crippen LogP) is 0.361. The van der Waals surface area contributed by atoms with Gasteiger partial charge >= 0.3 is 8.80 Å². The van der Waals surface area contributed by atoms with E-state index < -0.39 is 8.80 Å². The quantitative estimate of drug-likeness (QED) is 0.478. The minimum Gasteiger partial charge on any atom is -0.373 e. The monoisotopic (exact) mass is 244 g/mol. The molecule has 0 heterocycles. The summed E-state index contributed by atoms with van der Waals surface area (Å²) in [4.78, 5) is 0. The van der Waals surface area contributed by atoms with Crippen LogP contribution in [0.2, 0.25) is 0 Å². The molecule has 6 heteroatoms. The average molecular weight is 245 g/mol. The molecule has 0 saturated carbocycles. The fourth-order valence-corrected chi connectivity index (χ4v) is 3.40. The lowest BCUT2D eigenvalue weighted by molar-refractivity contribution is 0.0769. The molecular weight excluding hydrogens is 224 g/mol. The van der Waals surface area contributed by atoms with Crippen LogP contribution in [0.25, 0.3) is 0 Å². The number of rotatable bonds is 7. The predicted molar refractivity (Wildman–Crippen MR) is 62.7 cm³/mol. The maximum Gasteiger partial charge on any atom is 0.516 e. The van der Waals surface area contributed by atoms with E-state index in [0.717, 1.165) is 0 Å². The van der Waals surface area contributed by atoms with Crippen molar-refractivity contribution < 1.29 is 13.3 Å². The molecule has 0 aliphatic heterocycles. The van der Waals surface area contributed by atoms with E-state index in [1.807, 2.05) is 20.8 Å². The molecule has 0 radical (unpaired) electrons. The fraction of sp³-hybridized carbons (Fsp3) is 1.00. The lowest BCUT2D eigenvalue weighted by Gasteiger charge is -2.25. The smallest absolute Gasteiger partial charge is 0.373 e. The van der Waals surface area contributed by atoms with Gasteiger partial charge in [0, 0.05) is 19.8 Å². The van der Waals surface area contributed by atoms with Gasteiger partial charge in [0.15, 0.2) is 0 Å². The van der Waals surface area contributed by atoms with Crippen molar-refractivity contribution in [3.63, 3.8) is 0 Å². The molecule has 0 aromatic rings. The van der Waals surface area contributed by atoms with Gasteiger partial charge in [-0.3, -0.25) is 0 Å². The van der Waals surface area contributed by atoms with Gasteiger partial charge in [-0.2, -0.15) is 0 Å². The Morgan fingerprint density at radius 1 is 0.923 bits per heavy atom. The third-order valence-electron chi connectivity index (χ3n) is 1.26. The first-order valence-corrected chi connectivity index (χ1v) is 6.69. The molecule has 82 valence electrons. The third-order valence-corrected chi connectivity index (χ3v) is 4.75. The van der Waals surface area contributed by atoms with E-state index in [4.69, 9.17) is 24.9 Å². The normalized spacial score (nSPS) is 11.1. The lowest BCUT2D eigenvalue weighted by atomic mass is 10.9. The SMILES string of the molecule is CCO[Si](CCl)(OCC)OCC.[SiH4]. The van der Waals surface area contributed by atoms with Crippen LogP contribution in [0, 0.1) is 0 Å². The third kappa shape index (κ3) is 5.82. The molecule has 0 aliphatic carbocycles. The van der Waals surface area contributed by atoms with E-state index in [1.54, 1.807) is 0 Å². The van der Waals surface area contributed by atoms with Gasteiger partial charge < -0.3 is 13.3 Å². The molecule has 0 aromatic carbocycles. The van der Waals surface area contributed by atoms with Gasteiger partial charge in [0.1, 0.15) is 0 Å². The number of hydrogen-bond donors (Lipinski definition) is 0. The summed E-state index contributed by atoms with van der Waals surface area (Å²) in [5.74, 6) is 0. The Kier molecular flexibility index (Phi) is 11.3. The van der Waals surface area contributed by atoms with E-state index in [-0.39, 0.29) is 11.0 Å². The molecular formula is C7H21ClO3Si2. The van der Waals surface area contributed by atoms with Crippen molar-refractivity contribution in [2.45, 2.75) is 20.8 Å². The lowest BCUT2D eigenvalue weighted by Crippen LogP contribution is -2.48. The molecule has 0 fully saturated rings. The highest BCUT2D eigenvalue weighted by Gasteiger charge is 2.39. The second kappa shape index (κ2) is 9.17. The van der Waals surface area contributed by atoms with Crippen LogP contribution in [0.3, 0.4) is 0 Å². The van der Waals surface area contributed by atoms with Gasteiger partial charge in [0.25, 0.3) is 0 Å². The second-order valence-electron chi connectivity index (χ2n) is 2.12. The Bertz CT molecular complexity index is 98.9. The van der Waals surface area contributed by atoms with E-state index in [9.17, 15) is 0 Å². The van der Waals surface area contributed by atoms with E-state index in [1.165, 1.54) is 0 Å². The molecule has 0 rings (SSSR count). The first kappa shape index (κ1) is 16.0. The number of halogens is 1. The molecule has 0 aromatic heterocycles. The van der Waals surface area contributed by atoms with E-state index in [0.29, 0.717) is 25.3 Å². The number of alkyl halides is 1. The van der Waals surface area contributed by atoms with Crippen LogP contribution in [-0.2, 0) is 13.3 Å². The maximum atomic E-state index is 5.75. The summed E-state index contributed by atoms with van der Waals surface area (Å²) in [6.07, 6.45) is 0. The highest BCUT2D eigenvalue weighted by atomic mass is 35.5. The molecule has 0 saturated heterocycles. The molecule has 0 spiro atoms. The van der Waals surface area contributed by atoms with Crippen LogP contribution < -0.4 is 0 Å². The highest BCUT2D eigenvalue weighted by Crippen LogP contribution is 2.11. The average Bonchev–Trinajstić information content (AvgIpc) is 2.06. The topological polar surface area (TPSA) is 27.7 Å². The van der Waals surface area contributed by atoms with Gasteiger partial charge in [0.2, 0.25) is 0 Å². The first-order chi connectivity index (χ1) is 5.74. The summed E-state index contributed by atoms with van der Waals surface area (Å²) < 4.78 is 16.3. The summed E-state index contributed by atoms with van der Waals surface area (Å²) in [5, 5.41) is 0. The summed E-state index contributed by atoms with van der Waals surface area (Å²) in [7, 11) is -2.50. The molecule has 3 nitrogen and oxygen atoms in total. The van der Waals surface area contributed by atoms with Gasteiger partial charge in [-0.15, -0.1) is 11.6 Å². The zero-order valence-electron chi connectivity index (χ0n) is 7.93. The Labute approximate surface area is 91.1 Å². The van der Waals surface area contributed by atoms with Crippen molar-refractivity contribution in [1.82, 2.24) is 0 Å². The van der Waals surface area contributed by atoms with Gasteiger partial charge in [0.05, 0.1) is 5.50 Å². The van der Waals surface area contributed by atoms with Crippen molar-refractivity contribution in [3.8, 4) is 0 Å². The zero-order valence-corrected chi connectivity index (χ0v) is 9.69. The van der Waals surface area contributed by atoms with E-state index in [2.05, 4.69) is 0 Å². The van der Waals surface area contributed by atoms with Crippen LogP contribution >= 0.6 is 11.6 Å².